The molecule has 3 heterocycles. The highest BCUT2D eigenvalue weighted by molar-refractivity contribution is 5.97. The van der Waals surface area contributed by atoms with Crippen molar-refractivity contribution in [2.24, 2.45) is 5.73 Å². The Kier molecular flexibility index (Phi) is 5.67. The third-order valence-electron chi connectivity index (χ3n) is 4.69. The Balaban J connectivity index is 1.68. The quantitative estimate of drug-likeness (QED) is 0.641. The molecule has 8 nitrogen and oxygen atoms in total. The molecule has 0 saturated carbocycles. The van der Waals surface area contributed by atoms with Crippen LogP contribution in [0.15, 0.2) is 36.5 Å². The Morgan fingerprint density at radius 1 is 1.06 bits per heavy atom. The third-order valence-corrected chi connectivity index (χ3v) is 4.69. The van der Waals surface area contributed by atoms with Gasteiger partial charge in [0.2, 0.25) is 0 Å². The standard InChI is InChI=1S/C20H17F3N6O2/c21-11-2-1-3-12(22)18(11)14-9-15(19(20(24)30)28-27-14)26-17-8-13(23)16(10-25-17)29-4-6-31-7-5-29/h1-3,8-10H,4-7H2,(H2,24,30)(H,25,26,27). The molecule has 1 fully saturated rings. The summed E-state index contributed by atoms with van der Waals surface area (Å²) in [4.78, 5) is 17.7. The van der Waals surface area contributed by atoms with E-state index in [1.165, 1.54) is 18.3 Å². The maximum absolute atomic E-state index is 14.7. The number of amides is 1. The second-order valence-electron chi connectivity index (χ2n) is 6.70. The summed E-state index contributed by atoms with van der Waals surface area (Å²) in [6.45, 7) is 2.03. The highest BCUT2D eigenvalue weighted by Gasteiger charge is 2.20. The van der Waals surface area contributed by atoms with Gasteiger partial charge in [0.25, 0.3) is 5.91 Å². The van der Waals surface area contributed by atoms with Gasteiger partial charge in [0.1, 0.15) is 23.1 Å². The van der Waals surface area contributed by atoms with Crippen LogP contribution in [-0.4, -0.2) is 47.4 Å². The van der Waals surface area contributed by atoms with Crippen molar-refractivity contribution in [1.29, 1.82) is 0 Å². The maximum atomic E-state index is 14.7. The summed E-state index contributed by atoms with van der Waals surface area (Å²) in [6.07, 6.45) is 1.35. The number of anilines is 3. The number of nitrogens with zero attached hydrogens (tertiary/aromatic N) is 4. The lowest BCUT2D eigenvalue weighted by atomic mass is 10.1. The van der Waals surface area contributed by atoms with Crippen LogP contribution in [0.1, 0.15) is 10.5 Å². The number of halogens is 3. The van der Waals surface area contributed by atoms with E-state index in [0.717, 1.165) is 18.2 Å². The van der Waals surface area contributed by atoms with Crippen molar-refractivity contribution in [1.82, 2.24) is 15.2 Å². The van der Waals surface area contributed by atoms with Gasteiger partial charge in [-0.1, -0.05) is 6.07 Å². The number of hydrogen-bond acceptors (Lipinski definition) is 7. The molecule has 0 spiro atoms. The molecular weight excluding hydrogens is 413 g/mol. The lowest BCUT2D eigenvalue weighted by Gasteiger charge is -2.28. The van der Waals surface area contributed by atoms with E-state index in [1.807, 2.05) is 0 Å². The molecule has 160 valence electrons. The van der Waals surface area contributed by atoms with Crippen molar-refractivity contribution in [3.8, 4) is 11.3 Å². The first-order valence-corrected chi connectivity index (χ1v) is 9.31. The van der Waals surface area contributed by atoms with Gasteiger partial charge < -0.3 is 20.7 Å². The van der Waals surface area contributed by atoms with Gasteiger partial charge in [-0.3, -0.25) is 4.79 Å². The Bertz CT molecular complexity index is 1120. The number of pyridine rings is 1. The van der Waals surface area contributed by atoms with E-state index in [9.17, 15) is 18.0 Å². The molecule has 31 heavy (non-hydrogen) atoms. The minimum atomic E-state index is -0.930. The van der Waals surface area contributed by atoms with Gasteiger partial charge in [0, 0.05) is 19.2 Å². The van der Waals surface area contributed by atoms with E-state index in [1.54, 1.807) is 4.90 Å². The number of carbonyl (C=O) groups is 1. The molecule has 2 aromatic heterocycles. The first-order chi connectivity index (χ1) is 14.9. The zero-order valence-corrected chi connectivity index (χ0v) is 16.1. The number of aromatic nitrogens is 3. The van der Waals surface area contributed by atoms with Crippen LogP contribution in [0.2, 0.25) is 0 Å². The van der Waals surface area contributed by atoms with Crippen molar-refractivity contribution in [3.05, 3.63) is 59.7 Å². The van der Waals surface area contributed by atoms with Crippen LogP contribution in [0.4, 0.5) is 30.4 Å². The van der Waals surface area contributed by atoms with E-state index < -0.39 is 28.9 Å². The van der Waals surface area contributed by atoms with E-state index in [0.29, 0.717) is 32.0 Å². The van der Waals surface area contributed by atoms with Crippen LogP contribution in [-0.2, 0) is 4.74 Å². The summed E-state index contributed by atoms with van der Waals surface area (Å²) >= 11 is 0. The van der Waals surface area contributed by atoms with E-state index in [4.69, 9.17) is 10.5 Å². The average molecular weight is 430 g/mol. The molecule has 3 aromatic rings. The van der Waals surface area contributed by atoms with E-state index in [-0.39, 0.29) is 22.9 Å². The summed E-state index contributed by atoms with van der Waals surface area (Å²) in [7, 11) is 0. The predicted octanol–water partition coefficient (Wildman–Crippen LogP) is 2.64. The molecule has 3 N–H and O–H groups in total. The SMILES string of the molecule is NC(=O)c1nnc(-c2c(F)cccc2F)cc1Nc1cc(F)c(N2CCOCC2)cn1. The topological polar surface area (TPSA) is 106 Å². The Morgan fingerprint density at radius 2 is 1.77 bits per heavy atom. The number of hydrogen-bond donors (Lipinski definition) is 2. The van der Waals surface area contributed by atoms with Crippen molar-refractivity contribution in [2.75, 3.05) is 36.5 Å². The molecule has 4 rings (SSSR count). The van der Waals surface area contributed by atoms with Crippen LogP contribution in [0.5, 0.6) is 0 Å². The summed E-state index contributed by atoms with van der Waals surface area (Å²) in [5, 5.41) is 10.1. The average Bonchev–Trinajstić information content (AvgIpc) is 2.74. The normalized spacial score (nSPS) is 13.8. The molecule has 1 saturated heterocycles. The van der Waals surface area contributed by atoms with E-state index >= 15 is 0 Å². The van der Waals surface area contributed by atoms with Gasteiger partial charge in [0.05, 0.1) is 36.3 Å². The molecule has 0 atom stereocenters. The van der Waals surface area contributed by atoms with Gasteiger partial charge in [-0.15, -0.1) is 10.2 Å². The summed E-state index contributed by atoms with van der Waals surface area (Å²) in [5.74, 6) is -3.13. The first-order valence-electron chi connectivity index (χ1n) is 9.31. The summed E-state index contributed by atoms with van der Waals surface area (Å²) < 4.78 is 48.2. The zero-order valence-electron chi connectivity index (χ0n) is 16.1. The number of morpholine rings is 1. The monoisotopic (exact) mass is 430 g/mol. The number of carbonyl (C=O) groups excluding carboxylic acids is 1. The van der Waals surface area contributed by atoms with E-state index in [2.05, 4.69) is 20.5 Å². The number of nitrogens with two attached hydrogens (primary N) is 1. The fraction of sp³-hybridized carbons (Fsp3) is 0.200. The molecule has 11 heteroatoms. The van der Waals surface area contributed by atoms with Gasteiger partial charge in [0.15, 0.2) is 11.5 Å². The fourth-order valence-electron chi connectivity index (χ4n) is 3.20. The molecule has 0 unspecified atom stereocenters. The second kappa shape index (κ2) is 8.56. The van der Waals surface area contributed by atoms with Crippen LogP contribution < -0.4 is 16.0 Å². The molecule has 1 amide bonds. The number of ether oxygens (including phenoxy) is 1. The van der Waals surface area contributed by atoms with Crippen molar-refractivity contribution in [2.45, 2.75) is 0 Å². The smallest absolute Gasteiger partial charge is 0.271 e. The summed E-state index contributed by atoms with van der Waals surface area (Å²) in [6, 6.07) is 5.68. The Hall–Kier alpha value is -3.73. The van der Waals surface area contributed by atoms with Crippen LogP contribution in [0.3, 0.4) is 0 Å². The number of benzene rings is 1. The third kappa shape index (κ3) is 4.26. The van der Waals surface area contributed by atoms with Crippen LogP contribution in [0, 0.1) is 17.5 Å². The number of primary amides is 1. The van der Waals surface area contributed by atoms with Gasteiger partial charge in [-0.2, -0.15) is 0 Å². The minimum Gasteiger partial charge on any atom is -0.378 e. The lowest BCUT2D eigenvalue weighted by molar-refractivity contribution is 0.0995. The van der Waals surface area contributed by atoms with Gasteiger partial charge in [-0.05, 0) is 18.2 Å². The lowest BCUT2D eigenvalue weighted by Crippen LogP contribution is -2.36. The molecule has 1 aliphatic heterocycles. The predicted molar refractivity (Wildman–Crippen MR) is 106 cm³/mol. The highest BCUT2D eigenvalue weighted by Crippen LogP contribution is 2.29. The van der Waals surface area contributed by atoms with Crippen molar-refractivity contribution < 1.29 is 22.7 Å². The second-order valence-corrected chi connectivity index (χ2v) is 6.70. The van der Waals surface area contributed by atoms with Crippen LogP contribution >= 0.6 is 0 Å². The maximum Gasteiger partial charge on any atom is 0.271 e. The highest BCUT2D eigenvalue weighted by atomic mass is 19.1. The molecule has 1 aromatic carbocycles. The molecular formula is C20H17F3N6O2. The minimum absolute atomic E-state index is 0.0221. The van der Waals surface area contributed by atoms with Crippen LogP contribution in [0.25, 0.3) is 11.3 Å². The van der Waals surface area contributed by atoms with Gasteiger partial charge in [-0.25, -0.2) is 18.2 Å². The molecule has 0 bridgehead atoms. The zero-order chi connectivity index (χ0) is 22.0. The molecule has 1 aliphatic rings. The van der Waals surface area contributed by atoms with Crippen molar-refractivity contribution in [3.63, 3.8) is 0 Å². The fourth-order valence-corrected chi connectivity index (χ4v) is 3.20. The number of rotatable bonds is 5. The summed E-state index contributed by atoms with van der Waals surface area (Å²) in [5.41, 5.74) is 4.73. The van der Waals surface area contributed by atoms with Gasteiger partial charge >= 0.3 is 0 Å². The Labute approximate surface area is 174 Å². The van der Waals surface area contributed by atoms with Crippen molar-refractivity contribution >= 4 is 23.1 Å². The first kappa shape index (κ1) is 20.5. The number of nitrogens with one attached hydrogen (secondary N) is 1. The molecule has 0 aliphatic carbocycles. The largest absolute Gasteiger partial charge is 0.378 e. The Morgan fingerprint density at radius 3 is 2.42 bits per heavy atom. The molecule has 0 radical (unpaired) electrons.